The first-order chi connectivity index (χ1) is 7.28. The van der Waals surface area contributed by atoms with Crippen molar-refractivity contribution in [3.05, 3.63) is 39.0 Å². The molecule has 2 rings (SSSR count). The zero-order valence-electron chi connectivity index (χ0n) is 8.19. The molecule has 0 fully saturated rings. The van der Waals surface area contributed by atoms with E-state index in [9.17, 15) is 0 Å². The largest absolute Gasteiger partial charge is 0.332 e. The zero-order chi connectivity index (χ0) is 10.7. The number of hydrogen-bond acceptors (Lipinski definition) is 3. The van der Waals surface area contributed by atoms with E-state index in [-0.39, 0.29) is 0 Å². The van der Waals surface area contributed by atoms with Gasteiger partial charge in [0.05, 0.1) is 18.6 Å². The molecular weight excluding hydrogens is 274 g/mol. The Bertz CT molecular complexity index is 435. The highest BCUT2D eigenvalue weighted by molar-refractivity contribution is 9.10. The number of thiophene rings is 1. The topological polar surface area (TPSA) is 43.8 Å². The predicted molar refractivity (Wildman–Crippen MR) is 66.1 cm³/mol. The lowest BCUT2D eigenvalue weighted by atomic mass is 10.3. The van der Waals surface area contributed by atoms with Crippen LogP contribution >= 0.6 is 27.3 Å². The van der Waals surface area contributed by atoms with Crippen molar-refractivity contribution < 1.29 is 0 Å². The van der Waals surface area contributed by atoms with Gasteiger partial charge in [-0.2, -0.15) is 0 Å². The molecule has 2 heterocycles. The van der Waals surface area contributed by atoms with E-state index in [0.29, 0.717) is 6.54 Å². The minimum Gasteiger partial charge on any atom is -0.332 e. The Balaban J connectivity index is 2.04. The summed E-state index contributed by atoms with van der Waals surface area (Å²) in [4.78, 5) is 5.60. The lowest BCUT2D eigenvalue weighted by molar-refractivity contribution is 0.808. The molecule has 0 aliphatic heterocycles. The quantitative estimate of drug-likeness (QED) is 0.937. The molecule has 3 nitrogen and oxygen atoms in total. The summed E-state index contributed by atoms with van der Waals surface area (Å²) in [5, 5.41) is 2.09. The molecule has 2 aromatic heterocycles. The third-order valence-corrected chi connectivity index (χ3v) is 3.73. The molecule has 0 aliphatic carbocycles. The van der Waals surface area contributed by atoms with Crippen LogP contribution in [-0.4, -0.2) is 16.1 Å². The summed E-state index contributed by atoms with van der Waals surface area (Å²) in [5.41, 5.74) is 6.54. The predicted octanol–water partition coefficient (Wildman–Crippen LogP) is 2.26. The van der Waals surface area contributed by atoms with Crippen LogP contribution in [0.25, 0.3) is 0 Å². The van der Waals surface area contributed by atoms with Gasteiger partial charge in [0.2, 0.25) is 0 Å². The molecule has 2 N–H and O–H groups in total. The highest BCUT2D eigenvalue weighted by Gasteiger charge is 2.01. The first-order valence-electron chi connectivity index (χ1n) is 4.71. The van der Waals surface area contributed by atoms with E-state index >= 15 is 0 Å². The van der Waals surface area contributed by atoms with Gasteiger partial charge >= 0.3 is 0 Å². The molecule has 2 aromatic rings. The second-order valence-corrected chi connectivity index (χ2v) is 5.22. The van der Waals surface area contributed by atoms with Crippen molar-refractivity contribution in [2.75, 3.05) is 6.54 Å². The van der Waals surface area contributed by atoms with Crippen LogP contribution in [0.2, 0.25) is 0 Å². The third-order valence-electron chi connectivity index (χ3n) is 2.05. The van der Waals surface area contributed by atoms with Crippen molar-refractivity contribution in [2.45, 2.75) is 13.0 Å². The van der Waals surface area contributed by atoms with Crippen molar-refractivity contribution in [1.29, 1.82) is 0 Å². The number of nitrogens with two attached hydrogens (primary N) is 1. The van der Waals surface area contributed by atoms with Crippen LogP contribution in [0.15, 0.2) is 28.4 Å². The standard InChI is InChI=1S/C10H12BrN3S/c11-8-3-10(15-6-8)5-14-4-9(1-2-12)13-7-14/h3-4,6-7H,1-2,5,12H2. The van der Waals surface area contributed by atoms with Gasteiger partial charge in [0.1, 0.15) is 0 Å². The maximum absolute atomic E-state index is 5.47. The zero-order valence-corrected chi connectivity index (χ0v) is 10.6. The Labute approximate surface area is 101 Å². The SMILES string of the molecule is NCCc1cn(Cc2cc(Br)cs2)cn1. The molecule has 0 saturated carbocycles. The number of aromatic nitrogens is 2. The molecule has 0 unspecified atom stereocenters. The second kappa shape index (κ2) is 4.92. The number of imidazole rings is 1. The van der Waals surface area contributed by atoms with Crippen LogP contribution in [0.5, 0.6) is 0 Å². The maximum atomic E-state index is 5.47. The summed E-state index contributed by atoms with van der Waals surface area (Å²) in [5.74, 6) is 0. The summed E-state index contributed by atoms with van der Waals surface area (Å²) >= 11 is 5.19. The summed E-state index contributed by atoms with van der Waals surface area (Å²) in [6, 6.07) is 2.13. The van der Waals surface area contributed by atoms with Crippen LogP contribution in [0.1, 0.15) is 10.6 Å². The number of nitrogens with zero attached hydrogens (tertiary/aromatic N) is 2. The number of hydrogen-bond donors (Lipinski definition) is 1. The second-order valence-electron chi connectivity index (χ2n) is 3.31. The van der Waals surface area contributed by atoms with Crippen LogP contribution < -0.4 is 5.73 Å². The van der Waals surface area contributed by atoms with Crippen LogP contribution in [0.3, 0.4) is 0 Å². The first kappa shape index (κ1) is 10.9. The van der Waals surface area contributed by atoms with E-state index in [1.165, 1.54) is 4.88 Å². The fourth-order valence-electron chi connectivity index (χ4n) is 1.39. The monoisotopic (exact) mass is 285 g/mol. The maximum Gasteiger partial charge on any atom is 0.0952 e. The Morgan fingerprint density at radius 1 is 1.53 bits per heavy atom. The van der Waals surface area contributed by atoms with E-state index < -0.39 is 0 Å². The van der Waals surface area contributed by atoms with Gasteiger partial charge in [-0.05, 0) is 28.5 Å². The fourth-order valence-corrected chi connectivity index (χ4v) is 2.85. The van der Waals surface area contributed by atoms with Gasteiger partial charge in [-0.25, -0.2) is 4.98 Å². The van der Waals surface area contributed by atoms with Gasteiger partial charge < -0.3 is 10.3 Å². The first-order valence-corrected chi connectivity index (χ1v) is 6.39. The summed E-state index contributed by atoms with van der Waals surface area (Å²) < 4.78 is 3.23. The molecule has 0 radical (unpaired) electrons. The van der Waals surface area contributed by atoms with E-state index in [4.69, 9.17) is 5.73 Å². The van der Waals surface area contributed by atoms with Crippen molar-refractivity contribution in [3.63, 3.8) is 0 Å². The van der Waals surface area contributed by atoms with Gasteiger partial charge in [-0.3, -0.25) is 0 Å². The minimum absolute atomic E-state index is 0.654. The molecule has 0 amide bonds. The average molecular weight is 286 g/mol. The Kier molecular flexibility index (Phi) is 3.56. The molecule has 0 aromatic carbocycles. The van der Waals surface area contributed by atoms with Gasteiger partial charge in [-0.1, -0.05) is 0 Å². The van der Waals surface area contributed by atoms with E-state index in [1.807, 2.05) is 6.33 Å². The molecule has 80 valence electrons. The molecule has 5 heteroatoms. The van der Waals surface area contributed by atoms with E-state index in [1.54, 1.807) is 11.3 Å². The van der Waals surface area contributed by atoms with Gasteiger partial charge in [0.25, 0.3) is 0 Å². The Morgan fingerprint density at radius 2 is 2.40 bits per heavy atom. The lowest BCUT2D eigenvalue weighted by Crippen LogP contribution is -2.02. The van der Waals surface area contributed by atoms with Crippen LogP contribution in [0, 0.1) is 0 Å². The van der Waals surface area contributed by atoms with E-state index in [0.717, 1.165) is 23.1 Å². The molecule has 0 aliphatic rings. The lowest BCUT2D eigenvalue weighted by Gasteiger charge is -1.97. The Hall–Kier alpha value is -0.650. The van der Waals surface area contributed by atoms with Crippen molar-refractivity contribution in [1.82, 2.24) is 9.55 Å². The van der Waals surface area contributed by atoms with Crippen LogP contribution in [-0.2, 0) is 13.0 Å². The molecular formula is C10H12BrN3S. The molecule has 0 atom stereocenters. The van der Waals surface area contributed by atoms with Crippen molar-refractivity contribution in [3.8, 4) is 0 Å². The van der Waals surface area contributed by atoms with Gasteiger partial charge in [-0.15, -0.1) is 11.3 Å². The molecule has 0 spiro atoms. The fraction of sp³-hybridized carbons (Fsp3) is 0.300. The van der Waals surface area contributed by atoms with Crippen molar-refractivity contribution in [2.24, 2.45) is 5.73 Å². The molecule has 0 saturated heterocycles. The normalized spacial score (nSPS) is 10.8. The highest BCUT2D eigenvalue weighted by Crippen LogP contribution is 2.20. The van der Waals surface area contributed by atoms with Gasteiger partial charge in [0, 0.05) is 27.3 Å². The summed E-state index contributed by atoms with van der Waals surface area (Å²) in [6.07, 6.45) is 4.76. The summed E-state index contributed by atoms with van der Waals surface area (Å²) in [6.45, 7) is 1.54. The van der Waals surface area contributed by atoms with Crippen molar-refractivity contribution >= 4 is 27.3 Å². The Morgan fingerprint density at radius 3 is 3.07 bits per heavy atom. The molecule has 15 heavy (non-hydrogen) atoms. The highest BCUT2D eigenvalue weighted by atomic mass is 79.9. The number of rotatable bonds is 4. The molecule has 0 bridgehead atoms. The van der Waals surface area contributed by atoms with Crippen LogP contribution in [0.4, 0.5) is 0 Å². The number of halogens is 1. The van der Waals surface area contributed by atoms with Gasteiger partial charge in [0.15, 0.2) is 0 Å². The smallest absolute Gasteiger partial charge is 0.0952 e. The minimum atomic E-state index is 0.654. The average Bonchev–Trinajstić information content (AvgIpc) is 2.78. The summed E-state index contributed by atoms with van der Waals surface area (Å²) in [7, 11) is 0. The third kappa shape index (κ3) is 2.90. The van der Waals surface area contributed by atoms with E-state index in [2.05, 4.69) is 43.1 Å².